The summed E-state index contributed by atoms with van der Waals surface area (Å²) in [6.07, 6.45) is 2.02. The van der Waals surface area contributed by atoms with Crippen LogP contribution in [0.1, 0.15) is 27.6 Å². The van der Waals surface area contributed by atoms with Crippen LogP contribution >= 0.6 is 11.8 Å². The zero-order chi connectivity index (χ0) is 28.0. The van der Waals surface area contributed by atoms with E-state index in [1.54, 1.807) is 37.3 Å². The molecule has 2 aromatic carbocycles. The number of thioether (sulfide) groups is 1. The van der Waals surface area contributed by atoms with Crippen LogP contribution in [0.2, 0.25) is 0 Å². The minimum atomic E-state index is -3.88. The number of nitrogens with zero attached hydrogens (tertiary/aromatic N) is 4. The molecule has 4 rings (SSSR count). The minimum Gasteiger partial charge on any atom is -0.378 e. The molecule has 0 atom stereocenters. The van der Waals surface area contributed by atoms with Gasteiger partial charge in [-0.25, -0.2) is 27.1 Å². The van der Waals surface area contributed by atoms with Crippen molar-refractivity contribution in [2.45, 2.75) is 11.8 Å². The number of ether oxygens (including phenoxy) is 1. The normalized spacial score (nSPS) is 13.9. The van der Waals surface area contributed by atoms with Gasteiger partial charge in [-0.05, 0) is 48.2 Å². The van der Waals surface area contributed by atoms with Gasteiger partial charge in [0.25, 0.3) is 0 Å². The number of halogens is 1. The number of carbonyl (C=O) groups is 2. The maximum Gasteiger partial charge on any atom is 0.243 e. The number of hydrogen-bond acceptors (Lipinski definition) is 10. The van der Waals surface area contributed by atoms with E-state index >= 15 is 0 Å². The Labute approximate surface area is 230 Å². The molecule has 0 unspecified atom stereocenters. The van der Waals surface area contributed by atoms with E-state index in [1.165, 1.54) is 25.4 Å². The van der Waals surface area contributed by atoms with Gasteiger partial charge in [0, 0.05) is 55.4 Å². The molecule has 0 spiro atoms. The molecule has 1 fully saturated rings. The molecule has 1 aliphatic heterocycles. The van der Waals surface area contributed by atoms with Gasteiger partial charge in [-0.3, -0.25) is 9.59 Å². The van der Waals surface area contributed by atoms with Gasteiger partial charge in [-0.2, -0.15) is 0 Å². The zero-order valence-electron chi connectivity index (χ0n) is 21.5. The molecule has 13 heteroatoms. The first-order valence-electron chi connectivity index (χ1n) is 12.1. The Balaban J connectivity index is 1.66. The largest absolute Gasteiger partial charge is 0.378 e. The Bertz CT molecular complexity index is 1460. The SMILES string of the molecule is CCN(C)S(=O)(=O)c1cc(-c2ccnc(Nc3ccc(N4CCOCC4)c(C(=O)SCF)c3)n2)ccc1C=O. The van der Waals surface area contributed by atoms with Gasteiger partial charge in [0.05, 0.1) is 29.4 Å². The highest BCUT2D eigenvalue weighted by Gasteiger charge is 2.24. The smallest absolute Gasteiger partial charge is 0.243 e. The molecule has 39 heavy (non-hydrogen) atoms. The van der Waals surface area contributed by atoms with E-state index in [-0.39, 0.29) is 23.0 Å². The van der Waals surface area contributed by atoms with Crippen molar-refractivity contribution in [3.05, 3.63) is 59.8 Å². The molecule has 1 saturated heterocycles. The van der Waals surface area contributed by atoms with Crippen molar-refractivity contribution < 1.29 is 27.1 Å². The topological polar surface area (TPSA) is 122 Å². The number of benzene rings is 2. The first kappa shape index (κ1) is 28.6. The summed E-state index contributed by atoms with van der Waals surface area (Å²) in [6.45, 7) is 4.25. The zero-order valence-corrected chi connectivity index (χ0v) is 23.1. The third-order valence-electron chi connectivity index (χ3n) is 6.24. The third-order valence-corrected chi connectivity index (χ3v) is 8.81. The van der Waals surface area contributed by atoms with Crippen LogP contribution < -0.4 is 10.2 Å². The molecular weight excluding hydrogens is 545 g/mol. The Morgan fingerprint density at radius 2 is 1.97 bits per heavy atom. The van der Waals surface area contributed by atoms with E-state index in [4.69, 9.17) is 4.74 Å². The van der Waals surface area contributed by atoms with Crippen LogP contribution in [0.3, 0.4) is 0 Å². The minimum absolute atomic E-state index is 0.0511. The van der Waals surface area contributed by atoms with E-state index in [2.05, 4.69) is 15.3 Å². The van der Waals surface area contributed by atoms with Crippen molar-refractivity contribution >= 4 is 50.5 Å². The summed E-state index contributed by atoms with van der Waals surface area (Å²) in [7, 11) is -2.44. The van der Waals surface area contributed by atoms with E-state index < -0.39 is 21.1 Å². The first-order valence-corrected chi connectivity index (χ1v) is 14.6. The molecule has 0 bridgehead atoms. The number of carbonyl (C=O) groups excluding carboxylic acids is 2. The molecule has 206 valence electrons. The molecule has 1 N–H and O–H groups in total. The van der Waals surface area contributed by atoms with Crippen LogP contribution in [0.15, 0.2) is 53.6 Å². The van der Waals surface area contributed by atoms with Crippen LogP contribution in [0.5, 0.6) is 0 Å². The number of rotatable bonds is 10. The lowest BCUT2D eigenvalue weighted by Crippen LogP contribution is -2.37. The third kappa shape index (κ3) is 6.44. The standard InChI is InChI=1S/C26H28FN5O5S2/c1-3-31(2)39(35,36)24-14-18(4-5-19(24)16-33)22-8-9-28-26(30-22)29-20-6-7-23(32-10-12-37-13-11-32)21(15-20)25(34)38-17-27/h4-9,14-16H,3,10-13,17H2,1-2H3,(H,28,29,30). The predicted molar refractivity (Wildman–Crippen MR) is 149 cm³/mol. The molecule has 10 nitrogen and oxygen atoms in total. The van der Waals surface area contributed by atoms with Crippen LogP contribution in [-0.2, 0) is 14.8 Å². The molecule has 3 aromatic rings. The average Bonchev–Trinajstić information content (AvgIpc) is 2.97. The molecule has 1 aliphatic rings. The van der Waals surface area contributed by atoms with E-state index in [1.807, 2.05) is 4.90 Å². The van der Waals surface area contributed by atoms with Crippen molar-refractivity contribution in [2.75, 3.05) is 56.1 Å². The quantitative estimate of drug-likeness (QED) is 0.357. The average molecular weight is 574 g/mol. The molecule has 0 aliphatic carbocycles. The van der Waals surface area contributed by atoms with Gasteiger partial charge < -0.3 is 15.0 Å². The van der Waals surface area contributed by atoms with Crippen molar-refractivity contribution in [2.24, 2.45) is 0 Å². The maximum atomic E-state index is 13.0. The Hall–Kier alpha value is -3.39. The van der Waals surface area contributed by atoms with Crippen molar-refractivity contribution in [3.8, 4) is 11.3 Å². The van der Waals surface area contributed by atoms with Crippen LogP contribution in [0.4, 0.5) is 21.7 Å². The summed E-state index contributed by atoms with van der Waals surface area (Å²) in [5.41, 5.74) is 2.54. The lowest BCUT2D eigenvalue weighted by atomic mass is 10.1. The lowest BCUT2D eigenvalue weighted by molar-refractivity contribution is 0.108. The highest BCUT2D eigenvalue weighted by Crippen LogP contribution is 2.31. The summed E-state index contributed by atoms with van der Waals surface area (Å²) in [4.78, 5) is 34.9. The monoisotopic (exact) mass is 573 g/mol. The number of aldehydes is 1. The Kier molecular flexibility index (Phi) is 9.28. The summed E-state index contributed by atoms with van der Waals surface area (Å²) >= 11 is 0.587. The fourth-order valence-electron chi connectivity index (χ4n) is 4.05. The summed E-state index contributed by atoms with van der Waals surface area (Å²) in [5.74, 6) is 0.206. The van der Waals surface area contributed by atoms with Gasteiger partial charge in [0.2, 0.25) is 21.1 Å². The number of nitrogens with one attached hydrogen (secondary N) is 1. The molecular formula is C26H28FN5O5S2. The van der Waals surface area contributed by atoms with E-state index in [0.717, 1.165) is 4.31 Å². The van der Waals surface area contributed by atoms with Crippen LogP contribution in [0.25, 0.3) is 11.3 Å². The number of hydrogen-bond donors (Lipinski definition) is 1. The number of anilines is 3. The van der Waals surface area contributed by atoms with E-state index in [0.29, 0.717) is 72.5 Å². The fourth-order valence-corrected chi connectivity index (χ4v) is 5.83. The highest BCUT2D eigenvalue weighted by molar-refractivity contribution is 8.14. The van der Waals surface area contributed by atoms with Gasteiger partial charge >= 0.3 is 0 Å². The second-order valence-corrected chi connectivity index (χ2v) is 11.4. The summed E-state index contributed by atoms with van der Waals surface area (Å²) in [6, 6.07) is 10.5. The maximum absolute atomic E-state index is 13.0. The Morgan fingerprint density at radius 3 is 2.67 bits per heavy atom. The second kappa shape index (κ2) is 12.6. The summed E-state index contributed by atoms with van der Waals surface area (Å²) in [5, 5.41) is 2.68. The first-order chi connectivity index (χ1) is 18.8. The number of morpholine rings is 1. The predicted octanol–water partition coefficient (Wildman–Crippen LogP) is 3.98. The van der Waals surface area contributed by atoms with Gasteiger partial charge in [0.15, 0.2) is 6.29 Å². The lowest BCUT2D eigenvalue weighted by Gasteiger charge is -2.30. The van der Waals surface area contributed by atoms with Gasteiger partial charge in [0.1, 0.15) is 6.01 Å². The molecule has 2 heterocycles. The molecule has 1 aromatic heterocycles. The van der Waals surface area contributed by atoms with Crippen molar-refractivity contribution in [3.63, 3.8) is 0 Å². The van der Waals surface area contributed by atoms with Crippen molar-refractivity contribution in [1.82, 2.24) is 14.3 Å². The Morgan fingerprint density at radius 1 is 1.21 bits per heavy atom. The molecule has 0 amide bonds. The molecule has 0 saturated carbocycles. The number of aromatic nitrogens is 2. The van der Waals surface area contributed by atoms with Crippen molar-refractivity contribution in [1.29, 1.82) is 0 Å². The van der Waals surface area contributed by atoms with Gasteiger partial charge in [-0.15, -0.1) is 0 Å². The van der Waals surface area contributed by atoms with Crippen LogP contribution in [0, 0.1) is 0 Å². The number of sulfonamides is 1. The van der Waals surface area contributed by atoms with Gasteiger partial charge in [-0.1, -0.05) is 13.0 Å². The fraction of sp³-hybridized carbons (Fsp3) is 0.308. The molecule has 0 radical (unpaired) electrons. The van der Waals surface area contributed by atoms with Crippen LogP contribution in [-0.4, -0.2) is 80.0 Å². The van der Waals surface area contributed by atoms with E-state index in [9.17, 15) is 22.4 Å². The summed E-state index contributed by atoms with van der Waals surface area (Å²) < 4.78 is 45.5. The number of alkyl halides is 1. The highest BCUT2D eigenvalue weighted by atomic mass is 32.2. The second-order valence-electron chi connectivity index (χ2n) is 8.55.